The number of aliphatic carboxylic acids is 1. The molecule has 2 aromatic carbocycles. The van der Waals surface area contributed by atoms with E-state index in [1.807, 2.05) is 27.7 Å². The highest BCUT2D eigenvalue weighted by molar-refractivity contribution is 6.01. The summed E-state index contributed by atoms with van der Waals surface area (Å²) >= 11 is 0. The number of amides is 3. The van der Waals surface area contributed by atoms with Crippen molar-refractivity contribution in [1.82, 2.24) is 5.32 Å². The summed E-state index contributed by atoms with van der Waals surface area (Å²) in [5, 5.41) is 36.2. The van der Waals surface area contributed by atoms with Crippen LogP contribution < -0.4 is 20.7 Å². The van der Waals surface area contributed by atoms with Crippen LogP contribution in [0.1, 0.15) is 52.5 Å². The first-order chi connectivity index (χ1) is 18.9. The molecule has 2 rings (SSSR count). The fraction of sp³-hybridized carbons (Fsp3) is 0.379. The summed E-state index contributed by atoms with van der Waals surface area (Å²) < 4.78 is 5.32. The van der Waals surface area contributed by atoms with Gasteiger partial charge < -0.3 is 36.0 Å². The van der Waals surface area contributed by atoms with Crippen molar-refractivity contribution >= 4 is 41.1 Å². The molecule has 1 atom stereocenters. The van der Waals surface area contributed by atoms with E-state index in [-0.39, 0.29) is 40.7 Å². The quantitative estimate of drug-likeness (QED) is 0.149. The molecule has 0 unspecified atom stereocenters. The van der Waals surface area contributed by atoms with Crippen molar-refractivity contribution in [3.8, 4) is 17.2 Å². The van der Waals surface area contributed by atoms with Crippen molar-refractivity contribution in [3.63, 3.8) is 0 Å². The molecule has 6 N–H and O–H groups in total. The summed E-state index contributed by atoms with van der Waals surface area (Å²) in [7, 11) is 0. The van der Waals surface area contributed by atoms with E-state index < -0.39 is 30.4 Å². The van der Waals surface area contributed by atoms with Crippen molar-refractivity contribution in [1.29, 1.82) is 0 Å². The van der Waals surface area contributed by atoms with Gasteiger partial charge in [-0.3, -0.25) is 14.4 Å². The van der Waals surface area contributed by atoms with Gasteiger partial charge in [-0.25, -0.2) is 4.79 Å². The van der Waals surface area contributed by atoms with Crippen LogP contribution in [-0.2, 0) is 19.2 Å². The van der Waals surface area contributed by atoms with Gasteiger partial charge in [-0.1, -0.05) is 33.8 Å². The van der Waals surface area contributed by atoms with Crippen LogP contribution in [0.4, 0.5) is 11.4 Å². The van der Waals surface area contributed by atoms with Gasteiger partial charge in [0.1, 0.15) is 11.8 Å². The third-order valence-electron chi connectivity index (χ3n) is 5.98. The molecule has 0 aliphatic rings. The number of phenolic OH excluding ortho intramolecular Hbond substituents is 2. The molecule has 0 bridgehead atoms. The molecule has 3 amide bonds. The van der Waals surface area contributed by atoms with E-state index in [4.69, 9.17) is 9.84 Å². The number of benzene rings is 2. The fourth-order valence-electron chi connectivity index (χ4n) is 3.83. The van der Waals surface area contributed by atoms with E-state index in [0.717, 1.165) is 0 Å². The Bertz CT molecular complexity index is 1240. The number of nitrogens with one attached hydrogen (secondary N) is 3. The summed E-state index contributed by atoms with van der Waals surface area (Å²) in [4.78, 5) is 49.4. The zero-order chi connectivity index (χ0) is 29.8. The largest absolute Gasteiger partial charge is 0.504 e. The van der Waals surface area contributed by atoms with E-state index in [1.165, 1.54) is 48.6 Å². The number of ether oxygens (including phenoxy) is 1. The maximum Gasteiger partial charge on any atom is 0.341 e. The van der Waals surface area contributed by atoms with Crippen LogP contribution in [-0.4, -0.2) is 51.7 Å². The molecule has 0 aliphatic carbocycles. The van der Waals surface area contributed by atoms with Crippen LogP contribution in [0, 0.1) is 11.8 Å². The molecule has 0 spiro atoms. The molecule has 216 valence electrons. The Balaban J connectivity index is 2.21. The first-order valence-corrected chi connectivity index (χ1v) is 13.0. The first kappa shape index (κ1) is 31.7. The monoisotopic (exact) mass is 555 g/mol. The van der Waals surface area contributed by atoms with Gasteiger partial charge in [0.05, 0.1) is 5.69 Å². The average Bonchev–Trinajstić information content (AvgIpc) is 2.89. The molecule has 0 saturated heterocycles. The summed E-state index contributed by atoms with van der Waals surface area (Å²) in [6.45, 7) is 6.97. The van der Waals surface area contributed by atoms with Crippen LogP contribution in [0.25, 0.3) is 6.08 Å². The Morgan fingerprint density at radius 2 is 1.62 bits per heavy atom. The highest BCUT2D eigenvalue weighted by atomic mass is 16.5. The smallest absolute Gasteiger partial charge is 0.341 e. The number of carboxylic acid groups (broad SMARTS) is 1. The maximum absolute atomic E-state index is 13.2. The number of phenols is 2. The van der Waals surface area contributed by atoms with Gasteiger partial charge in [0.2, 0.25) is 17.7 Å². The van der Waals surface area contributed by atoms with Gasteiger partial charge in [0, 0.05) is 17.7 Å². The lowest BCUT2D eigenvalue weighted by atomic mass is 10.0. The van der Waals surface area contributed by atoms with Crippen molar-refractivity contribution < 1.29 is 39.2 Å². The minimum Gasteiger partial charge on any atom is -0.504 e. The Labute approximate surface area is 233 Å². The number of carbonyl (C=O) groups is 4. The minimum atomic E-state index is -1.18. The predicted molar refractivity (Wildman–Crippen MR) is 151 cm³/mol. The normalized spacial score (nSPS) is 11.8. The highest BCUT2D eigenvalue weighted by Gasteiger charge is 2.23. The number of rotatable bonds is 14. The second-order valence-corrected chi connectivity index (χ2v) is 9.66. The van der Waals surface area contributed by atoms with Crippen molar-refractivity contribution in [2.24, 2.45) is 11.8 Å². The highest BCUT2D eigenvalue weighted by Crippen LogP contribution is 2.30. The van der Waals surface area contributed by atoms with E-state index in [2.05, 4.69) is 16.0 Å². The van der Waals surface area contributed by atoms with Gasteiger partial charge in [0.25, 0.3) is 0 Å². The van der Waals surface area contributed by atoms with Gasteiger partial charge in [0.15, 0.2) is 18.1 Å². The van der Waals surface area contributed by atoms with Crippen LogP contribution in [0.2, 0.25) is 0 Å². The predicted octanol–water partition coefficient (Wildman–Crippen LogP) is 4.12. The zero-order valence-electron chi connectivity index (χ0n) is 23.1. The van der Waals surface area contributed by atoms with Crippen LogP contribution in [0.5, 0.6) is 17.2 Å². The zero-order valence-corrected chi connectivity index (χ0v) is 23.1. The van der Waals surface area contributed by atoms with E-state index >= 15 is 0 Å². The number of anilines is 2. The number of carboxylic acids is 1. The second-order valence-electron chi connectivity index (χ2n) is 9.66. The van der Waals surface area contributed by atoms with Gasteiger partial charge in [-0.2, -0.15) is 0 Å². The van der Waals surface area contributed by atoms with Crippen molar-refractivity contribution in [2.75, 3.05) is 17.2 Å². The number of hydrogen-bond donors (Lipinski definition) is 6. The lowest BCUT2D eigenvalue weighted by Gasteiger charge is -2.20. The summed E-state index contributed by atoms with van der Waals surface area (Å²) in [5.41, 5.74) is 0.995. The summed E-state index contributed by atoms with van der Waals surface area (Å²) in [5.74, 6) is -3.13. The maximum atomic E-state index is 13.2. The molecule has 2 aromatic rings. The molecule has 0 aliphatic heterocycles. The molecule has 0 heterocycles. The lowest BCUT2D eigenvalue weighted by Crippen LogP contribution is -2.44. The SMILES string of the molecule is CCC(CC)C(=O)Nc1cc(NC(=O)[C@H](CC(C)C)NC(=O)/C=C/c2ccc(O)c(O)c2)ccc1OCC(=O)O. The van der Waals surface area contributed by atoms with Crippen molar-refractivity contribution in [3.05, 3.63) is 48.0 Å². The minimum absolute atomic E-state index is 0.0655. The Hall–Kier alpha value is -4.54. The third-order valence-corrected chi connectivity index (χ3v) is 5.98. The summed E-state index contributed by atoms with van der Waals surface area (Å²) in [6.07, 6.45) is 4.21. The van der Waals surface area contributed by atoms with Crippen molar-refractivity contribution in [2.45, 2.75) is 53.0 Å². The van der Waals surface area contributed by atoms with Crippen LogP contribution >= 0.6 is 0 Å². The Kier molecular flexibility index (Phi) is 12.0. The van der Waals surface area contributed by atoms with Gasteiger partial charge in [-0.15, -0.1) is 0 Å². The van der Waals surface area contributed by atoms with E-state index in [0.29, 0.717) is 30.5 Å². The topological polar surface area (TPSA) is 174 Å². The van der Waals surface area contributed by atoms with E-state index in [1.54, 1.807) is 0 Å². The van der Waals surface area contributed by atoms with Gasteiger partial charge in [-0.05, 0) is 67.2 Å². The standard InChI is InChI=1S/C29H37N3O8/c1-5-19(6-2)28(38)32-21-15-20(9-11-25(21)40-16-27(36)37)30-29(39)22(13-17(3)4)31-26(35)12-8-18-7-10-23(33)24(34)14-18/h7-12,14-15,17,19,22,33-34H,5-6,13,16H2,1-4H3,(H,30,39)(H,31,35)(H,32,38)(H,36,37)/b12-8+/t22-/m0/s1. The fourth-order valence-corrected chi connectivity index (χ4v) is 3.83. The lowest BCUT2D eigenvalue weighted by molar-refractivity contribution is -0.139. The molecule has 0 saturated carbocycles. The molecule has 0 radical (unpaired) electrons. The summed E-state index contributed by atoms with van der Waals surface area (Å²) in [6, 6.07) is 7.64. The van der Waals surface area contributed by atoms with Gasteiger partial charge >= 0.3 is 5.97 Å². The number of aromatic hydroxyl groups is 2. The molecule has 11 nitrogen and oxygen atoms in total. The Morgan fingerprint density at radius 3 is 2.23 bits per heavy atom. The number of hydrogen-bond acceptors (Lipinski definition) is 7. The molecular formula is C29H37N3O8. The van der Waals surface area contributed by atoms with Crippen LogP contribution in [0.3, 0.4) is 0 Å². The van der Waals surface area contributed by atoms with E-state index in [9.17, 15) is 29.4 Å². The Morgan fingerprint density at radius 1 is 0.925 bits per heavy atom. The first-order valence-electron chi connectivity index (χ1n) is 13.0. The number of carbonyl (C=O) groups excluding carboxylic acids is 3. The molecule has 40 heavy (non-hydrogen) atoms. The third kappa shape index (κ3) is 9.97. The molecule has 0 aromatic heterocycles. The average molecular weight is 556 g/mol. The molecule has 11 heteroatoms. The second kappa shape index (κ2) is 15.2. The molecule has 0 fully saturated rings. The molecular weight excluding hydrogens is 518 g/mol. The van der Waals surface area contributed by atoms with Crippen LogP contribution in [0.15, 0.2) is 42.5 Å².